The molecule has 1 N–H and O–H groups in total. The molecule has 0 saturated heterocycles. The number of nitrogens with one attached hydrogen (secondary N) is 1. The summed E-state index contributed by atoms with van der Waals surface area (Å²) in [5.74, 6) is -0.413. The Bertz CT molecular complexity index is 973. The van der Waals surface area contributed by atoms with E-state index in [9.17, 15) is 9.59 Å². The molecular weight excluding hydrogens is 421 g/mol. The van der Waals surface area contributed by atoms with Crippen LogP contribution in [0.15, 0.2) is 36.5 Å². The molecule has 1 heterocycles. The Labute approximate surface area is 176 Å². The molecule has 0 aliphatic rings. The molecule has 1 aromatic heterocycles. The van der Waals surface area contributed by atoms with Gasteiger partial charge in [-0.05, 0) is 29.8 Å². The lowest BCUT2D eigenvalue weighted by Crippen LogP contribution is -2.20. The summed E-state index contributed by atoms with van der Waals surface area (Å²) >= 11 is 11.6. The first-order valence-electron chi connectivity index (χ1n) is 8.06. The summed E-state index contributed by atoms with van der Waals surface area (Å²) in [5.41, 5.74) is 0.629. The second-order valence-corrected chi connectivity index (χ2v) is 6.17. The van der Waals surface area contributed by atoms with Gasteiger partial charge in [0.15, 0.2) is 30.5 Å². The van der Waals surface area contributed by atoms with Crippen LogP contribution in [0.3, 0.4) is 0 Å². The Balaban J connectivity index is 1.89. The molecule has 0 radical (unpaired) electrons. The highest BCUT2D eigenvalue weighted by Gasteiger charge is 2.10. The van der Waals surface area contributed by atoms with Crippen molar-refractivity contribution in [2.24, 2.45) is 0 Å². The fourth-order valence-corrected chi connectivity index (χ4v) is 2.47. The molecule has 0 aliphatic heterocycles. The van der Waals surface area contributed by atoms with Gasteiger partial charge in [0.05, 0.1) is 17.2 Å². The number of amides is 1. The van der Waals surface area contributed by atoms with Crippen molar-refractivity contribution in [3.63, 3.8) is 0 Å². The fourth-order valence-electron chi connectivity index (χ4n) is 2.04. The number of aromatic nitrogens is 1. The number of nitriles is 1. The molecule has 29 heavy (non-hydrogen) atoms. The number of anilines is 1. The molecule has 150 valence electrons. The van der Waals surface area contributed by atoms with E-state index in [2.05, 4.69) is 10.3 Å². The second kappa shape index (κ2) is 10.9. The Morgan fingerprint density at radius 1 is 1.28 bits per heavy atom. The summed E-state index contributed by atoms with van der Waals surface area (Å²) in [4.78, 5) is 27.5. The number of ether oxygens (including phenoxy) is 3. The third kappa shape index (κ3) is 6.99. The van der Waals surface area contributed by atoms with Gasteiger partial charge in [-0.2, -0.15) is 5.26 Å². The number of benzene rings is 1. The van der Waals surface area contributed by atoms with Crippen LogP contribution in [-0.2, 0) is 14.3 Å². The van der Waals surface area contributed by atoms with Crippen LogP contribution in [0.1, 0.15) is 5.56 Å². The third-order valence-corrected chi connectivity index (χ3v) is 3.80. The third-order valence-electron chi connectivity index (χ3n) is 3.30. The van der Waals surface area contributed by atoms with Gasteiger partial charge >= 0.3 is 5.97 Å². The first kappa shape index (κ1) is 22.0. The minimum atomic E-state index is -0.723. The highest BCUT2D eigenvalue weighted by molar-refractivity contribution is 6.36. The molecule has 0 spiro atoms. The van der Waals surface area contributed by atoms with Crippen molar-refractivity contribution in [3.8, 4) is 17.6 Å². The van der Waals surface area contributed by atoms with E-state index >= 15 is 0 Å². The SMILES string of the molecule is COc1cc(/C=C/C(=O)OCC(=O)Nc2ncc(Cl)cc2Cl)ccc1OCC#N. The molecule has 1 aromatic carbocycles. The van der Waals surface area contributed by atoms with E-state index in [1.165, 1.54) is 25.4 Å². The summed E-state index contributed by atoms with van der Waals surface area (Å²) in [6, 6.07) is 8.18. The Kier molecular flexibility index (Phi) is 8.27. The highest BCUT2D eigenvalue weighted by Crippen LogP contribution is 2.28. The van der Waals surface area contributed by atoms with Crippen LogP contribution in [0.5, 0.6) is 11.5 Å². The van der Waals surface area contributed by atoms with Gasteiger partial charge in [0, 0.05) is 12.3 Å². The summed E-state index contributed by atoms with van der Waals surface area (Å²) in [6.07, 6.45) is 3.96. The predicted molar refractivity (Wildman–Crippen MR) is 107 cm³/mol. The van der Waals surface area contributed by atoms with Gasteiger partial charge in [-0.15, -0.1) is 0 Å². The van der Waals surface area contributed by atoms with E-state index in [1.54, 1.807) is 18.2 Å². The lowest BCUT2D eigenvalue weighted by Gasteiger charge is -2.08. The average molecular weight is 436 g/mol. The first-order chi connectivity index (χ1) is 13.9. The lowest BCUT2D eigenvalue weighted by atomic mass is 10.2. The molecule has 8 nitrogen and oxygen atoms in total. The largest absolute Gasteiger partial charge is 0.493 e. The Hall–Kier alpha value is -3.28. The quantitative estimate of drug-likeness (QED) is 0.498. The van der Waals surface area contributed by atoms with E-state index < -0.39 is 18.5 Å². The molecule has 2 aromatic rings. The topological polar surface area (TPSA) is 111 Å². The van der Waals surface area contributed by atoms with Crippen molar-refractivity contribution >= 4 is 47.0 Å². The van der Waals surface area contributed by atoms with Crippen LogP contribution in [0.4, 0.5) is 5.82 Å². The number of carbonyl (C=O) groups excluding carboxylic acids is 2. The zero-order valence-electron chi connectivity index (χ0n) is 15.1. The van der Waals surface area contributed by atoms with Crippen molar-refractivity contribution in [1.29, 1.82) is 5.26 Å². The number of methoxy groups -OCH3 is 1. The number of halogens is 2. The van der Waals surface area contributed by atoms with Gasteiger partial charge < -0.3 is 19.5 Å². The maximum absolute atomic E-state index is 11.8. The van der Waals surface area contributed by atoms with Crippen LogP contribution in [-0.4, -0.2) is 37.2 Å². The molecule has 0 saturated carbocycles. The number of hydrogen-bond donors (Lipinski definition) is 1. The molecule has 0 atom stereocenters. The van der Waals surface area contributed by atoms with Gasteiger partial charge in [0.2, 0.25) is 0 Å². The number of pyridine rings is 1. The normalized spacial score (nSPS) is 10.3. The van der Waals surface area contributed by atoms with Gasteiger partial charge in [-0.1, -0.05) is 29.3 Å². The van der Waals surface area contributed by atoms with Crippen molar-refractivity contribution in [2.45, 2.75) is 0 Å². The standard InChI is InChI=1S/C19H15Cl2N3O5/c1-27-16-8-12(2-4-15(16)28-7-6-22)3-5-18(26)29-11-17(25)24-19-14(21)9-13(20)10-23-19/h2-5,8-10H,7,11H2,1H3,(H,23,24,25)/b5-3+. The first-order valence-corrected chi connectivity index (χ1v) is 8.82. The molecule has 0 bridgehead atoms. The average Bonchev–Trinajstić information content (AvgIpc) is 2.71. The number of rotatable bonds is 8. The van der Waals surface area contributed by atoms with Crippen LogP contribution in [0, 0.1) is 11.3 Å². The summed E-state index contributed by atoms with van der Waals surface area (Å²) < 4.78 is 15.3. The Morgan fingerprint density at radius 2 is 2.07 bits per heavy atom. The van der Waals surface area contributed by atoms with E-state index in [0.717, 1.165) is 6.08 Å². The molecule has 0 unspecified atom stereocenters. The second-order valence-electron chi connectivity index (χ2n) is 5.33. The highest BCUT2D eigenvalue weighted by atomic mass is 35.5. The minimum Gasteiger partial charge on any atom is -0.493 e. The lowest BCUT2D eigenvalue weighted by molar-refractivity contribution is -0.142. The van der Waals surface area contributed by atoms with E-state index in [4.69, 9.17) is 42.7 Å². The number of hydrogen-bond acceptors (Lipinski definition) is 7. The maximum atomic E-state index is 11.8. The van der Waals surface area contributed by atoms with Gasteiger partial charge in [-0.3, -0.25) is 4.79 Å². The van der Waals surface area contributed by atoms with Crippen LogP contribution in [0.2, 0.25) is 10.0 Å². The van der Waals surface area contributed by atoms with Crippen LogP contribution in [0.25, 0.3) is 6.08 Å². The summed E-state index contributed by atoms with van der Waals surface area (Å²) in [6.45, 7) is -0.634. The zero-order valence-corrected chi connectivity index (χ0v) is 16.7. The summed E-state index contributed by atoms with van der Waals surface area (Å²) in [7, 11) is 1.46. The van der Waals surface area contributed by atoms with Crippen molar-refractivity contribution in [1.82, 2.24) is 4.98 Å². The monoisotopic (exact) mass is 435 g/mol. The minimum absolute atomic E-state index is 0.110. The zero-order chi connectivity index (χ0) is 21.2. The van der Waals surface area contributed by atoms with E-state index in [1.807, 2.05) is 6.07 Å². The molecule has 0 fully saturated rings. The number of carbonyl (C=O) groups is 2. The van der Waals surface area contributed by atoms with Crippen LogP contribution >= 0.6 is 23.2 Å². The molecule has 1 amide bonds. The molecule has 10 heteroatoms. The van der Waals surface area contributed by atoms with Gasteiger partial charge in [0.25, 0.3) is 5.91 Å². The summed E-state index contributed by atoms with van der Waals surface area (Å²) in [5, 5.41) is 11.5. The van der Waals surface area contributed by atoms with E-state index in [0.29, 0.717) is 22.1 Å². The molecule has 2 rings (SSSR count). The molecular formula is C19H15Cl2N3O5. The maximum Gasteiger partial charge on any atom is 0.331 e. The van der Waals surface area contributed by atoms with Crippen molar-refractivity contribution < 1.29 is 23.8 Å². The number of esters is 1. The Morgan fingerprint density at radius 3 is 2.76 bits per heavy atom. The van der Waals surface area contributed by atoms with Crippen molar-refractivity contribution in [2.75, 3.05) is 25.6 Å². The van der Waals surface area contributed by atoms with Gasteiger partial charge in [0.1, 0.15) is 6.07 Å². The molecule has 0 aliphatic carbocycles. The number of nitrogens with zero attached hydrogens (tertiary/aromatic N) is 2. The predicted octanol–water partition coefficient (Wildman–Crippen LogP) is 3.49. The fraction of sp³-hybridized carbons (Fsp3) is 0.158. The van der Waals surface area contributed by atoms with Crippen molar-refractivity contribution in [3.05, 3.63) is 52.1 Å². The van der Waals surface area contributed by atoms with E-state index in [-0.39, 0.29) is 17.4 Å². The van der Waals surface area contributed by atoms with Crippen LogP contribution < -0.4 is 14.8 Å². The van der Waals surface area contributed by atoms with Gasteiger partial charge in [-0.25, -0.2) is 9.78 Å². The smallest absolute Gasteiger partial charge is 0.331 e.